The second kappa shape index (κ2) is 5.49. The van der Waals surface area contributed by atoms with E-state index in [1.165, 1.54) is 18.7 Å². The van der Waals surface area contributed by atoms with Gasteiger partial charge in [-0.1, -0.05) is 11.6 Å². The average molecular weight is 271 g/mol. The van der Waals surface area contributed by atoms with Gasteiger partial charge in [-0.2, -0.15) is 0 Å². The summed E-state index contributed by atoms with van der Waals surface area (Å²) < 4.78 is 0. The highest BCUT2D eigenvalue weighted by Gasteiger charge is 2.22. The van der Waals surface area contributed by atoms with E-state index in [0.29, 0.717) is 12.6 Å². The highest BCUT2D eigenvalue weighted by atomic mass is 35.5. The van der Waals surface area contributed by atoms with Crippen molar-refractivity contribution >= 4 is 23.1 Å². The SMILES string of the molecule is CN1CCCC1CNc1ncc(Cl)cc1[N+](=O)[O-]. The summed E-state index contributed by atoms with van der Waals surface area (Å²) in [5.41, 5.74) is -0.0804. The minimum Gasteiger partial charge on any atom is -0.363 e. The first-order chi connectivity index (χ1) is 8.58. The van der Waals surface area contributed by atoms with E-state index in [1.54, 1.807) is 0 Å². The van der Waals surface area contributed by atoms with Crippen molar-refractivity contribution in [1.82, 2.24) is 9.88 Å². The predicted molar refractivity (Wildman–Crippen MR) is 70.0 cm³/mol. The highest BCUT2D eigenvalue weighted by molar-refractivity contribution is 6.30. The van der Waals surface area contributed by atoms with Gasteiger partial charge in [0.15, 0.2) is 0 Å². The number of anilines is 1. The lowest BCUT2D eigenvalue weighted by atomic mass is 10.2. The zero-order valence-corrected chi connectivity index (χ0v) is 10.9. The standard InChI is InChI=1S/C11H15ClN4O2/c1-15-4-2-3-9(15)7-14-11-10(16(17)18)5-8(12)6-13-11/h5-6,9H,2-4,7H2,1H3,(H,13,14). The minimum atomic E-state index is -0.473. The van der Waals surface area contributed by atoms with Gasteiger partial charge >= 0.3 is 5.69 Å². The maximum atomic E-state index is 10.9. The highest BCUT2D eigenvalue weighted by Crippen LogP contribution is 2.25. The quantitative estimate of drug-likeness (QED) is 0.670. The van der Waals surface area contributed by atoms with Crippen LogP contribution in [-0.2, 0) is 0 Å². The van der Waals surface area contributed by atoms with E-state index < -0.39 is 4.92 Å². The van der Waals surface area contributed by atoms with Crippen molar-refractivity contribution in [3.8, 4) is 0 Å². The smallest absolute Gasteiger partial charge is 0.312 e. The second-order valence-corrected chi connectivity index (χ2v) is 4.87. The molecule has 7 heteroatoms. The average Bonchev–Trinajstić information content (AvgIpc) is 2.73. The Balaban J connectivity index is 2.06. The largest absolute Gasteiger partial charge is 0.363 e. The summed E-state index contributed by atoms with van der Waals surface area (Å²) in [5, 5.41) is 14.2. The molecular formula is C11H15ClN4O2. The van der Waals surface area contributed by atoms with Gasteiger partial charge in [0, 0.05) is 24.8 Å². The summed E-state index contributed by atoms with van der Waals surface area (Å²) in [6.07, 6.45) is 3.68. The van der Waals surface area contributed by atoms with E-state index in [2.05, 4.69) is 22.2 Å². The van der Waals surface area contributed by atoms with Gasteiger partial charge in [0.25, 0.3) is 0 Å². The minimum absolute atomic E-state index is 0.0804. The molecule has 0 amide bonds. The Morgan fingerprint density at radius 2 is 2.50 bits per heavy atom. The fraction of sp³-hybridized carbons (Fsp3) is 0.545. The van der Waals surface area contributed by atoms with E-state index in [-0.39, 0.29) is 16.5 Å². The van der Waals surface area contributed by atoms with Crippen LogP contribution in [0.25, 0.3) is 0 Å². The summed E-state index contributed by atoms with van der Waals surface area (Å²) in [6.45, 7) is 1.73. The third-order valence-electron chi connectivity index (χ3n) is 3.21. The molecule has 0 bridgehead atoms. The first-order valence-electron chi connectivity index (χ1n) is 5.82. The monoisotopic (exact) mass is 270 g/mol. The van der Waals surface area contributed by atoms with Crippen LogP contribution in [-0.4, -0.2) is 41.0 Å². The third kappa shape index (κ3) is 2.88. The Hall–Kier alpha value is -1.40. The van der Waals surface area contributed by atoms with Crippen LogP contribution in [0, 0.1) is 10.1 Å². The van der Waals surface area contributed by atoms with Crippen LogP contribution >= 0.6 is 11.6 Å². The van der Waals surface area contributed by atoms with Gasteiger partial charge in [-0.15, -0.1) is 0 Å². The molecule has 18 heavy (non-hydrogen) atoms. The zero-order chi connectivity index (χ0) is 13.1. The normalized spacial score (nSPS) is 20.0. The predicted octanol–water partition coefficient (Wildman–Crippen LogP) is 2.15. The van der Waals surface area contributed by atoms with E-state index in [4.69, 9.17) is 11.6 Å². The number of likely N-dealkylation sites (N-methyl/N-ethyl adjacent to an activating group) is 1. The van der Waals surface area contributed by atoms with Crippen LogP contribution in [0.15, 0.2) is 12.3 Å². The van der Waals surface area contributed by atoms with E-state index in [9.17, 15) is 10.1 Å². The Bertz CT molecular complexity index is 455. The van der Waals surface area contributed by atoms with Crippen LogP contribution < -0.4 is 5.32 Å². The number of nitrogens with one attached hydrogen (secondary N) is 1. The molecule has 1 aromatic rings. The fourth-order valence-corrected chi connectivity index (χ4v) is 2.31. The number of aromatic nitrogens is 1. The van der Waals surface area contributed by atoms with Gasteiger partial charge in [-0.05, 0) is 26.4 Å². The number of nitro groups is 1. The molecule has 0 aliphatic carbocycles. The van der Waals surface area contributed by atoms with E-state index in [0.717, 1.165) is 13.0 Å². The maximum absolute atomic E-state index is 10.9. The third-order valence-corrected chi connectivity index (χ3v) is 3.41. The molecule has 0 radical (unpaired) electrons. The van der Waals surface area contributed by atoms with Crippen molar-refractivity contribution in [2.75, 3.05) is 25.5 Å². The van der Waals surface area contributed by atoms with Gasteiger partial charge in [-0.25, -0.2) is 4.98 Å². The van der Waals surface area contributed by atoms with Crippen molar-refractivity contribution in [2.24, 2.45) is 0 Å². The topological polar surface area (TPSA) is 71.3 Å². The van der Waals surface area contributed by atoms with E-state index in [1.807, 2.05) is 0 Å². The van der Waals surface area contributed by atoms with Gasteiger partial charge in [-0.3, -0.25) is 10.1 Å². The number of likely N-dealkylation sites (tertiary alicyclic amines) is 1. The van der Waals surface area contributed by atoms with Gasteiger partial charge < -0.3 is 10.2 Å². The molecule has 1 fully saturated rings. The number of hydrogen-bond donors (Lipinski definition) is 1. The number of nitrogens with zero attached hydrogens (tertiary/aromatic N) is 3. The second-order valence-electron chi connectivity index (χ2n) is 4.44. The Kier molecular flexibility index (Phi) is 3.98. The van der Waals surface area contributed by atoms with Crippen LogP contribution in [0.4, 0.5) is 11.5 Å². The van der Waals surface area contributed by atoms with Gasteiger partial charge in [0.05, 0.1) is 9.95 Å². The molecule has 0 spiro atoms. The van der Waals surface area contributed by atoms with Crippen molar-refractivity contribution in [2.45, 2.75) is 18.9 Å². The number of hydrogen-bond acceptors (Lipinski definition) is 5. The van der Waals surface area contributed by atoms with Crippen molar-refractivity contribution < 1.29 is 4.92 Å². The summed E-state index contributed by atoms with van der Waals surface area (Å²) in [4.78, 5) is 16.6. The van der Waals surface area contributed by atoms with Crippen molar-refractivity contribution in [3.63, 3.8) is 0 Å². The zero-order valence-electron chi connectivity index (χ0n) is 10.1. The molecule has 0 saturated carbocycles. The fourth-order valence-electron chi connectivity index (χ4n) is 2.16. The molecule has 1 saturated heterocycles. The number of rotatable bonds is 4. The first-order valence-corrected chi connectivity index (χ1v) is 6.20. The van der Waals surface area contributed by atoms with Gasteiger partial charge in [0.2, 0.25) is 5.82 Å². The van der Waals surface area contributed by atoms with Crippen molar-refractivity contribution in [3.05, 3.63) is 27.4 Å². The molecular weight excluding hydrogens is 256 g/mol. The van der Waals surface area contributed by atoms with Crippen LogP contribution in [0.3, 0.4) is 0 Å². The van der Waals surface area contributed by atoms with Crippen LogP contribution in [0.5, 0.6) is 0 Å². The molecule has 6 nitrogen and oxygen atoms in total. The summed E-state index contributed by atoms with van der Waals surface area (Å²) in [6, 6.07) is 1.72. The summed E-state index contributed by atoms with van der Waals surface area (Å²) in [5.74, 6) is 0.282. The molecule has 1 unspecified atom stereocenters. The van der Waals surface area contributed by atoms with Crippen molar-refractivity contribution in [1.29, 1.82) is 0 Å². The molecule has 1 N–H and O–H groups in total. The lowest BCUT2D eigenvalue weighted by Gasteiger charge is -2.19. The molecule has 1 aliphatic rings. The Morgan fingerprint density at radius 3 is 3.11 bits per heavy atom. The van der Waals surface area contributed by atoms with E-state index >= 15 is 0 Å². The summed E-state index contributed by atoms with van der Waals surface area (Å²) >= 11 is 5.71. The molecule has 1 aliphatic heterocycles. The van der Waals surface area contributed by atoms with Crippen LogP contribution in [0.1, 0.15) is 12.8 Å². The molecule has 1 atom stereocenters. The molecule has 2 rings (SSSR count). The lowest BCUT2D eigenvalue weighted by Crippen LogP contribution is -2.31. The molecule has 2 heterocycles. The lowest BCUT2D eigenvalue weighted by molar-refractivity contribution is -0.384. The molecule has 98 valence electrons. The number of halogens is 1. The Morgan fingerprint density at radius 1 is 1.72 bits per heavy atom. The van der Waals surface area contributed by atoms with Gasteiger partial charge in [0.1, 0.15) is 0 Å². The summed E-state index contributed by atoms with van der Waals surface area (Å²) in [7, 11) is 2.06. The number of pyridine rings is 1. The maximum Gasteiger partial charge on any atom is 0.312 e. The van der Waals surface area contributed by atoms with Crippen LogP contribution in [0.2, 0.25) is 5.02 Å². The first kappa shape index (κ1) is 13.0. The molecule has 0 aromatic carbocycles. The Labute approximate surface area is 110 Å². The molecule has 1 aromatic heterocycles.